The summed E-state index contributed by atoms with van der Waals surface area (Å²) in [5, 5.41) is 41.0. The second-order valence-electron chi connectivity index (χ2n) is 7.48. The van der Waals surface area contributed by atoms with Crippen molar-refractivity contribution in [1.82, 2.24) is 10.2 Å². The first-order valence-corrected chi connectivity index (χ1v) is 9.98. The third-order valence-electron chi connectivity index (χ3n) is 5.06. The number of carboxylic acids is 2. The molecule has 0 saturated carbocycles. The van der Waals surface area contributed by atoms with E-state index in [1.165, 1.54) is 0 Å². The highest BCUT2D eigenvalue weighted by Crippen LogP contribution is 2.19. The monoisotopic (exact) mass is 413 g/mol. The maximum absolute atomic E-state index is 10.8. The van der Waals surface area contributed by atoms with Gasteiger partial charge in [-0.1, -0.05) is 0 Å². The van der Waals surface area contributed by atoms with Crippen LogP contribution in [0.2, 0.25) is 0 Å². The minimum Gasteiger partial charge on any atom is -0.481 e. The Labute approximate surface area is 169 Å². The summed E-state index contributed by atoms with van der Waals surface area (Å²) in [4.78, 5) is 32.1. The van der Waals surface area contributed by atoms with Crippen molar-refractivity contribution in [1.29, 1.82) is 0 Å². The molecule has 164 valence electrons. The standard InChI is InChI=1S/C18H31N5O6/c19-11(17(28)29)5-2-4-8-23-10-14(25)13(24)9-12-16(23)22-18(21-12)20-7-3-1-6-15(26)27/h11-14,24-25H,1-10,19H2,(H,20,21)(H,26,27)(H,28,29)/t11-,12?,13-,14+/m0/s1. The van der Waals surface area contributed by atoms with Gasteiger partial charge >= 0.3 is 11.9 Å². The summed E-state index contributed by atoms with van der Waals surface area (Å²) >= 11 is 0. The Bertz CT molecular complexity index is 640. The van der Waals surface area contributed by atoms with Gasteiger partial charge < -0.3 is 36.4 Å². The number of amidine groups is 1. The van der Waals surface area contributed by atoms with E-state index in [1.807, 2.05) is 4.90 Å². The first kappa shape index (κ1) is 23.0. The first-order chi connectivity index (χ1) is 13.8. The fourth-order valence-corrected chi connectivity index (χ4v) is 3.38. The van der Waals surface area contributed by atoms with E-state index in [2.05, 4.69) is 15.3 Å². The summed E-state index contributed by atoms with van der Waals surface area (Å²) < 4.78 is 0. The van der Waals surface area contributed by atoms with E-state index in [1.54, 1.807) is 0 Å². The molecule has 2 aliphatic heterocycles. The molecular formula is C18H31N5O6. The predicted octanol–water partition coefficient (Wildman–Crippen LogP) is -1.02. The molecule has 0 aromatic rings. The molecule has 11 nitrogen and oxygen atoms in total. The zero-order valence-electron chi connectivity index (χ0n) is 16.4. The summed E-state index contributed by atoms with van der Waals surface area (Å²) in [7, 11) is 0. The van der Waals surface area contributed by atoms with Crippen molar-refractivity contribution in [2.24, 2.45) is 15.7 Å². The average Bonchev–Trinajstić information content (AvgIpc) is 3.01. The number of unbranched alkanes of at least 4 members (excludes halogenated alkanes) is 2. The molecule has 0 radical (unpaired) electrons. The van der Waals surface area contributed by atoms with E-state index in [0.717, 1.165) is 0 Å². The molecule has 0 spiro atoms. The third-order valence-corrected chi connectivity index (χ3v) is 5.06. The number of guanidine groups is 1. The molecule has 1 unspecified atom stereocenters. The minimum absolute atomic E-state index is 0.110. The van der Waals surface area contributed by atoms with Crippen molar-refractivity contribution in [3.8, 4) is 0 Å². The zero-order valence-corrected chi connectivity index (χ0v) is 16.4. The number of aliphatic hydroxyl groups is 2. The Hall–Kier alpha value is -2.24. The summed E-state index contributed by atoms with van der Waals surface area (Å²) in [5.74, 6) is -0.701. The van der Waals surface area contributed by atoms with Crippen LogP contribution >= 0.6 is 0 Å². The van der Waals surface area contributed by atoms with Gasteiger partial charge in [0.1, 0.15) is 11.9 Å². The van der Waals surface area contributed by atoms with Crippen LogP contribution in [-0.4, -0.2) is 93.0 Å². The van der Waals surface area contributed by atoms with Gasteiger partial charge in [0.15, 0.2) is 0 Å². The van der Waals surface area contributed by atoms with Crippen molar-refractivity contribution < 1.29 is 30.0 Å². The lowest BCUT2D eigenvalue weighted by Crippen LogP contribution is -2.42. The molecule has 1 fully saturated rings. The number of nitrogens with zero attached hydrogens (tertiary/aromatic N) is 3. The molecule has 2 heterocycles. The summed E-state index contributed by atoms with van der Waals surface area (Å²) in [5.41, 5.74) is 5.52. The Morgan fingerprint density at radius 2 is 1.97 bits per heavy atom. The topological polar surface area (TPSA) is 181 Å². The number of carbonyl (C=O) groups is 2. The van der Waals surface area contributed by atoms with Crippen molar-refractivity contribution >= 4 is 23.7 Å². The minimum atomic E-state index is -1.02. The number of likely N-dealkylation sites (tertiary alicyclic amines) is 1. The number of aliphatic carboxylic acids is 2. The van der Waals surface area contributed by atoms with Gasteiger partial charge in [-0.25, -0.2) is 0 Å². The van der Waals surface area contributed by atoms with Crippen LogP contribution in [0.4, 0.5) is 0 Å². The Morgan fingerprint density at radius 3 is 2.66 bits per heavy atom. The van der Waals surface area contributed by atoms with Gasteiger partial charge in [-0.05, 0) is 32.1 Å². The molecule has 0 aromatic carbocycles. The van der Waals surface area contributed by atoms with E-state index in [4.69, 9.17) is 15.9 Å². The molecule has 1 saturated heterocycles. The molecule has 0 aromatic heterocycles. The fraction of sp³-hybridized carbons (Fsp3) is 0.778. The lowest BCUT2D eigenvalue weighted by molar-refractivity contribution is -0.139. The highest BCUT2D eigenvalue weighted by molar-refractivity contribution is 6.05. The Morgan fingerprint density at radius 1 is 1.21 bits per heavy atom. The Kier molecular flexibility index (Phi) is 8.80. The smallest absolute Gasteiger partial charge is 0.320 e. The first-order valence-electron chi connectivity index (χ1n) is 9.98. The van der Waals surface area contributed by atoms with Crippen LogP contribution < -0.4 is 11.1 Å². The van der Waals surface area contributed by atoms with Crippen molar-refractivity contribution in [3.05, 3.63) is 0 Å². The van der Waals surface area contributed by atoms with E-state index in [9.17, 15) is 19.8 Å². The van der Waals surface area contributed by atoms with E-state index in [0.29, 0.717) is 63.4 Å². The van der Waals surface area contributed by atoms with Crippen LogP contribution in [0.3, 0.4) is 0 Å². The van der Waals surface area contributed by atoms with Crippen LogP contribution in [0.1, 0.15) is 44.9 Å². The van der Waals surface area contributed by atoms with Gasteiger partial charge in [-0.3, -0.25) is 14.6 Å². The molecule has 2 rings (SSSR count). The van der Waals surface area contributed by atoms with Crippen LogP contribution in [0.5, 0.6) is 0 Å². The van der Waals surface area contributed by atoms with Gasteiger partial charge in [0.2, 0.25) is 5.96 Å². The predicted molar refractivity (Wildman–Crippen MR) is 106 cm³/mol. The maximum atomic E-state index is 10.8. The highest BCUT2D eigenvalue weighted by atomic mass is 16.4. The maximum Gasteiger partial charge on any atom is 0.320 e. The van der Waals surface area contributed by atoms with Crippen molar-refractivity contribution in [2.45, 2.75) is 69.2 Å². The van der Waals surface area contributed by atoms with E-state index < -0.39 is 30.2 Å². The number of carboxylic acid groups (broad SMARTS) is 2. The van der Waals surface area contributed by atoms with Crippen LogP contribution in [0.25, 0.3) is 0 Å². The molecule has 7 N–H and O–H groups in total. The fourth-order valence-electron chi connectivity index (χ4n) is 3.38. The Balaban J connectivity index is 1.93. The van der Waals surface area contributed by atoms with Crippen LogP contribution in [0, 0.1) is 0 Å². The number of β-amino-alcohol motifs (C(OH)–C–C–N with tert-alkyl or cyclic N) is 1. The molecule has 4 atom stereocenters. The molecule has 2 aliphatic rings. The molecule has 29 heavy (non-hydrogen) atoms. The second-order valence-corrected chi connectivity index (χ2v) is 7.48. The number of hydrogen-bond acceptors (Lipinski definition) is 7. The van der Waals surface area contributed by atoms with Gasteiger partial charge in [-0.15, -0.1) is 0 Å². The summed E-state index contributed by atoms with van der Waals surface area (Å²) in [6, 6.07) is -1.15. The third kappa shape index (κ3) is 7.26. The van der Waals surface area contributed by atoms with Crippen molar-refractivity contribution in [3.63, 3.8) is 0 Å². The number of nitrogens with one attached hydrogen (secondary N) is 1. The van der Waals surface area contributed by atoms with Gasteiger partial charge in [0, 0.05) is 32.5 Å². The lowest BCUT2D eigenvalue weighted by atomic mass is 10.1. The normalized spacial score (nSPS) is 26.4. The van der Waals surface area contributed by atoms with Gasteiger partial charge in [-0.2, -0.15) is 4.99 Å². The number of nitrogens with two attached hydrogens (primary N) is 1. The molecular weight excluding hydrogens is 382 g/mol. The number of fused-ring (bicyclic) bond motifs is 1. The average molecular weight is 413 g/mol. The highest BCUT2D eigenvalue weighted by Gasteiger charge is 2.37. The number of aliphatic imine (C=N–C) groups is 2. The van der Waals surface area contributed by atoms with Crippen LogP contribution in [0.15, 0.2) is 9.98 Å². The SMILES string of the molecule is N[C@@H](CCCCN1C[C@@H](O)[C@@H](O)CC2NC(=NCCCCC(=O)O)N=C21)C(=O)O. The number of hydrogen-bond donors (Lipinski definition) is 6. The van der Waals surface area contributed by atoms with Crippen molar-refractivity contribution in [2.75, 3.05) is 19.6 Å². The quantitative estimate of drug-likeness (QED) is 0.231. The number of rotatable bonds is 11. The van der Waals surface area contributed by atoms with Gasteiger partial charge in [0.25, 0.3) is 0 Å². The summed E-state index contributed by atoms with van der Waals surface area (Å²) in [6.07, 6.45) is 1.48. The molecule has 11 heteroatoms. The van der Waals surface area contributed by atoms with E-state index >= 15 is 0 Å². The molecule has 0 aliphatic carbocycles. The largest absolute Gasteiger partial charge is 0.481 e. The molecule has 0 amide bonds. The number of aliphatic hydroxyl groups excluding tert-OH is 2. The second kappa shape index (κ2) is 11.1. The summed E-state index contributed by atoms with van der Waals surface area (Å²) in [6.45, 7) is 1.24. The van der Waals surface area contributed by atoms with Crippen LogP contribution in [-0.2, 0) is 9.59 Å². The lowest BCUT2D eigenvalue weighted by Gasteiger charge is -2.26. The zero-order chi connectivity index (χ0) is 21.4. The molecule has 0 bridgehead atoms. The van der Waals surface area contributed by atoms with Gasteiger partial charge in [0.05, 0.1) is 18.2 Å². The van der Waals surface area contributed by atoms with E-state index in [-0.39, 0.29) is 19.0 Å².